The molecule has 1 heterocycles. The topological polar surface area (TPSA) is 0 Å². The predicted molar refractivity (Wildman–Crippen MR) is 113 cm³/mol. The second-order valence-electron chi connectivity index (χ2n) is 8.46. The second-order valence-corrected chi connectivity index (χ2v) is 8.46. The number of hydrogen-bond acceptors (Lipinski definition) is 0. The van der Waals surface area contributed by atoms with Crippen molar-refractivity contribution in [2.45, 2.75) is 96.8 Å². The third kappa shape index (κ3) is 7.13. The van der Waals surface area contributed by atoms with Crippen molar-refractivity contribution < 1.29 is 0 Å². The molecule has 0 fully saturated rings. The Hall–Kier alpha value is -0.820. The Morgan fingerprint density at radius 1 is 0.760 bits per heavy atom. The Balaban J connectivity index is 1.51. The minimum Gasteiger partial charge on any atom is -0.293 e. The van der Waals surface area contributed by atoms with Gasteiger partial charge < -0.3 is 0 Å². The first-order valence-electron chi connectivity index (χ1n) is 11.2. The molecular weight excluding hydrogens is 302 g/mol. The lowest BCUT2D eigenvalue weighted by Crippen LogP contribution is -2.49. The molecule has 0 radical (unpaired) electrons. The van der Waals surface area contributed by atoms with Crippen molar-refractivity contribution in [3.63, 3.8) is 0 Å². The van der Waals surface area contributed by atoms with Gasteiger partial charge in [0.2, 0.25) is 0 Å². The Morgan fingerprint density at radius 3 is 1.96 bits per heavy atom. The van der Waals surface area contributed by atoms with Crippen LogP contribution in [0.25, 0.3) is 0 Å². The van der Waals surface area contributed by atoms with Gasteiger partial charge in [0.25, 0.3) is 0 Å². The summed E-state index contributed by atoms with van der Waals surface area (Å²) in [6.45, 7) is 4.95. The van der Waals surface area contributed by atoms with Gasteiger partial charge >= 0.3 is 0 Å². The Kier molecular flexibility index (Phi) is 9.61. The number of unbranched alkanes of at least 4 members (excludes halogenated alkanes) is 11. The van der Waals surface area contributed by atoms with Gasteiger partial charge in [0, 0.05) is 12.0 Å². The lowest BCUT2D eigenvalue weighted by molar-refractivity contribution is 0.300. The van der Waals surface area contributed by atoms with E-state index in [0.717, 1.165) is 0 Å². The van der Waals surface area contributed by atoms with Gasteiger partial charge in [-0.15, -0.1) is 0 Å². The van der Waals surface area contributed by atoms with E-state index in [4.69, 9.17) is 0 Å². The molecule has 2 rings (SSSR count). The van der Waals surface area contributed by atoms with E-state index >= 15 is 0 Å². The van der Waals surface area contributed by atoms with Crippen LogP contribution in [-0.4, -0.2) is 20.1 Å². The van der Waals surface area contributed by atoms with Gasteiger partial charge in [-0.05, 0) is 25.3 Å². The smallest absolute Gasteiger partial charge is 0.135 e. The molecule has 0 saturated carbocycles. The fourth-order valence-electron chi connectivity index (χ4n) is 4.52. The number of quaternary nitrogens is 1. The molecular formula is C24H42N+. The van der Waals surface area contributed by atoms with Crippen LogP contribution in [0.4, 0.5) is 5.69 Å². The van der Waals surface area contributed by atoms with Crippen molar-refractivity contribution in [1.29, 1.82) is 0 Å². The summed E-state index contributed by atoms with van der Waals surface area (Å²) >= 11 is 0. The van der Waals surface area contributed by atoms with Gasteiger partial charge in [-0.2, -0.15) is 0 Å². The third-order valence-electron chi connectivity index (χ3n) is 6.18. The summed E-state index contributed by atoms with van der Waals surface area (Å²) in [6.07, 6.45) is 19.9. The number of aryl methyl sites for hydroxylation is 1. The molecule has 1 nitrogen and oxygen atoms in total. The van der Waals surface area contributed by atoms with E-state index in [1.807, 2.05) is 0 Å². The maximum atomic E-state index is 2.45. The van der Waals surface area contributed by atoms with E-state index in [2.05, 4.69) is 38.2 Å². The van der Waals surface area contributed by atoms with E-state index in [-0.39, 0.29) is 0 Å². The molecule has 1 aromatic carbocycles. The summed E-state index contributed by atoms with van der Waals surface area (Å²) in [5, 5.41) is 0. The van der Waals surface area contributed by atoms with Gasteiger partial charge in [0.15, 0.2) is 0 Å². The molecule has 0 amide bonds. The van der Waals surface area contributed by atoms with E-state index in [0.29, 0.717) is 0 Å². The van der Waals surface area contributed by atoms with Crippen LogP contribution in [-0.2, 0) is 6.42 Å². The maximum Gasteiger partial charge on any atom is 0.135 e. The van der Waals surface area contributed by atoms with Crippen LogP contribution in [0.3, 0.4) is 0 Å². The average molecular weight is 345 g/mol. The molecule has 0 bridgehead atoms. The SMILES string of the molecule is CCCCCCCCCCCCCC[N+]1(C)CCCc2ccccc21. The maximum absolute atomic E-state index is 2.45. The molecule has 1 aromatic rings. The zero-order valence-corrected chi connectivity index (χ0v) is 17.1. The Morgan fingerprint density at radius 2 is 1.32 bits per heavy atom. The standard InChI is InChI=1S/C24H42N/c1-3-4-5-6-7-8-9-10-11-12-13-16-21-25(2)22-17-19-23-18-14-15-20-24(23)25/h14-15,18,20H,3-13,16-17,19,21-22H2,1-2H3/q+1. The Bertz CT molecular complexity index is 467. The van der Waals surface area contributed by atoms with Crippen LogP contribution in [0, 0.1) is 0 Å². The summed E-state index contributed by atoms with van der Waals surface area (Å²) in [6, 6.07) is 9.14. The zero-order chi connectivity index (χ0) is 17.8. The van der Waals surface area contributed by atoms with E-state index in [1.165, 1.54) is 107 Å². The minimum atomic E-state index is 1.17. The Labute approximate surface area is 157 Å². The fraction of sp³-hybridized carbons (Fsp3) is 0.750. The van der Waals surface area contributed by atoms with Crippen LogP contribution in [0.1, 0.15) is 96.0 Å². The molecule has 0 aromatic heterocycles. The lowest BCUT2D eigenvalue weighted by Gasteiger charge is -2.38. The van der Waals surface area contributed by atoms with Crippen LogP contribution in [0.15, 0.2) is 24.3 Å². The van der Waals surface area contributed by atoms with Gasteiger partial charge in [-0.1, -0.05) is 89.3 Å². The third-order valence-corrected chi connectivity index (χ3v) is 6.18. The van der Waals surface area contributed by atoms with Crippen molar-refractivity contribution in [1.82, 2.24) is 4.48 Å². The van der Waals surface area contributed by atoms with Gasteiger partial charge in [-0.3, -0.25) is 4.48 Å². The largest absolute Gasteiger partial charge is 0.293 e. The number of fused-ring (bicyclic) bond motifs is 1. The first kappa shape index (κ1) is 20.5. The van der Waals surface area contributed by atoms with E-state index in [1.54, 1.807) is 11.3 Å². The highest BCUT2D eigenvalue weighted by molar-refractivity contribution is 5.51. The van der Waals surface area contributed by atoms with Crippen LogP contribution in [0.5, 0.6) is 0 Å². The van der Waals surface area contributed by atoms with Crippen molar-refractivity contribution in [2.75, 3.05) is 20.1 Å². The molecule has 1 aliphatic rings. The first-order chi connectivity index (χ1) is 12.3. The fourth-order valence-corrected chi connectivity index (χ4v) is 4.52. The highest BCUT2D eigenvalue weighted by Crippen LogP contribution is 2.32. The summed E-state index contributed by atoms with van der Waals surface area (Å²) in [4.78, 5) is 0. The van der Waals surface area contributed by atoms with Crippen molar-refractivity contribution in [2.24, 2.45) is 0 Å². The van der Waals surface area contributed by atoms with Crippen molar-refractivity contribution >= 4 is 5.69 Å². The van der Waals surface area contributed by atoms with Gasteiger partial charge in [-0.25, -0.2) is 0 Å². The van der Waals surface area contributed by atoms with E-state index in [9.17, 15) is 0 Å². The van der Waals surface area contributed by atoms with Crippen LogP contribution in [0.2, 0.25) is 0 Å². The van der Waals surface area contributed by atoms with Crippen molar-refractivity contribution in [3.05, 3.63) is 29.8 Å². The summed E-state index contributed by atoms with van der Waals surface area (Å²) in [5.74, 6) is 0. The summed E-state index contributed by atoms with van der Waals surface area (Å²) in [5.41, 5.74) is 3.19. The molecule has 1 atom stereocenters. The molecule has 0 spiro atoms. The zero-order valence-electron chi connectivity index (χ0n) is 17.1. The number of rotatable bonds is 13. The minimum absolute atomic E-state index is 1.17. The highest BCUT2D eigenvalue weighted by Gasteiger charge is 2.30. The molecule has 1 unspecified atom stereocenters. The quantitative estimate of drug-likeness (QED) is 0.261. The first-order valence-corrected chi connectivity index (χ1v) is 11.2. The van der Waals surface area contributed by atoms with Gasteiger partial charge in [0.05, 0.1) is 20.1 Å². The number of hydrogen-bond donors (Lipinski definition) is 0. The monoisotopic (exact) mass is 344 g/mol. The van der Waals surface area contributed by atoms with Crippen LogP contribution < -0.4 is 4.48 Å². The van der Waals surface area contributed by atoms with E-state index < -0.39 is 0 Å². The predicted octanol–water partition coefficient (Wildman–Crippen LogP) is 7.27. The number of para-hydroxylation sites is 1. The summed E-state index contributed by atoms with van der Waals surface area (Å²) in [7, 11) is 2.45. The molecule has 1 heteroatoms. The van der Waals surface area contributed by atoms with Crippen LogP contribution >= 0.6 is 0 Å². The normalized spacial score (nSPS) is 19.8. The summed E-state index contributed by atoms with van der Waals surface area (Å²) < 4.78 is 1.17. The lowest BCUT2D eigenvalue weighted by atomic mass is 9.98. The molecule has 142 valence electrons. The number of benzene rings is 1. The molecule has 0 saturated heterocycles. The highest BCUT2D eigenvalue weighted by atomic mass is 15.3. The average Bonchev–Trinajstić information content (AvgIpc) is 2.63. The second kappa shape index (κ2) is 11.7. The van der Waals surface area contributed by atoms with Gasteiger partial charge in [0.1, 0.15) is 5.69 Å². The molecule has 0 N–H and O–H groups in total. The molecule has 0 aliphatic carbocycles. The molecule has 1 aliphatic heterocycles. The molecule has 25 heavy (non-hydrogen) atoms. The number of nitrogens with zero attached hydrogens (tertiary/aromatic N) is 1. The van der Waals surface area contributed by atoms with Crippen molar-refractivity contribution in [3.8, 4) is 0 Å².